The van der Waals surface area contributed by atoms with Crippen molar-refractivity contribution in [2.45, 2.75) is 19.8 Å². The van der Waals surface area contributed by atoms with E-state index in [-0.39, 0.29) is 0 Å². The molecule has 118 valence electrons. The molecule has 0 bridgehead atoms. The Morgan fingerprint density at radius 1 is 1.13 bits per heavy atom. The molecule has 2 aromatic rings. The minimum Gasteiger partial charge on any atom is -0.196 e. The van der Waals surface area contributed by atoms with Gasteiger partial charge in [-0.25, -0.2) is 0 Å². The van der Waals surface area contributed by atoms with E-state index < -0.39 is 0 Å². The summed E-state index contributed by atoms with van der Waals surface area (Å²) in [4.78, 5) is 0. The van der Waals surface area contributed by atoms with Crippen LogP contribution in [-0.4, -0.2) is 7.05 Å². The van der Waals surface area contributed by atoms with Gasteiger partial charge >= 0.3 is 0 Å². The fourth-order valence-electron chi connectivity index (χ4n) is 2.55. The molecule has 0 saturated carbocycles. The summed E-state index contributed by atoms with van der Waals surface area (Å²) >= 11 is 0. The van der Waals surface area contributed by atoms with Gasteiger partial charge < -0.3 is 0 Å². The standard InChI is InChI=1S/C21H25N2/c1-4-11-18(2)12-5-6-13-19-14-7-8-15-20(19)21-16-9-10-17-23(21)22-3/h4-11,14-17,22H,2,12-13H2,1,3H3/q+1/b6-5+,11-4-. The molecule has 0 atom stereocenters. The fourth-order valence-corrected chi connectivity index (χ4v) is 2.55. The lowest BCUT2D eigenvalue weighted by molar-refractivity contribution is -0.636. The van der Waals surface area contributed by atoms with Crippen molar-refractivity contribution in [2.75, 3.05) is 12.5 Å². The van der Waals surface area contributed by atoms with Crippen LogP contribution in [0.3, 0.4) is 0 Å². The topological polar surface area (TPSA) is 15.9 Å². The molecule has 1 N–H and O–H groups in total. The number of nitrogens with zero attached hydrogens (tertiary/aromatic N) is 1. The van der Waals surface area contributed by atoms with Crippen molar-refractivity contribution in [1.29, 1.82) is 0 Å². The van der Waals surface area contributed by atoms with Crippen molar-refractivity contribution < 1.29 is 4.68 Å². The third-order valence-electron chi connectivity index (χ3n) is 3.68. The lowest BCUT2D eigenvalue weighted by atomic mass is 10.0. The van der Waals surface area contributed by atoms with Gasteiger partial charge in [-0.15, -0.1) is 0 Å². The average molecular weight is 305 g/mol. The number of hydrogen-bond donors (Lipinski definition) is 1. The molecule has 1 heterocycles. The van der Waals surface area contributed by atoms with Crippen LogP contribution in [0.5, 0.6) is 0 Å². The van der Waals surface area contributed by atoms with Gasteiger partial charge in [0, 0.05) is 12.1 Å². The normalized spacial score (nSPS) is 11.2. The van der Waals surface area contributed by atoms with Crippen LogP contribution >= 0.6 is 0 Å². The lowest BCUT2D eigenvalue weighted by Gasteiger charge is -2.07. The molecule has 23 heavy (non-hydrogen) atoms. The third-order valence-corrected chi connectivity index (χ3v) is 3.68. The molecule has 0 aliphatic carbocycles. The highest BCUT2D eigenvalue weighted by molar-refractivity contribution is 5.61. The van der Waals surface area contributed by atoms with E-state index >= 15 is 0 Å². The van der Waals surface area contributed by atoms with Gasteiger partial charge in [-0.1, -0.05) is 59.3 Å². The SMILES string of the molecule is C=C(/C=C\C)C/C=C/Cc1ccccc1-c1cccc[n+]1NC. The van der Waals surface area contributed by atoms with Gasteiger partial charge in [0.15, 0.2) is 6.20 Å². The smallest absolute Gasteiger partial charge is 0.196 e. The Morgan fingerprint density at radius 2 is 1.91 bits per heavy atom. The van der Waals surface area contributed by atoms with E-state index in [1.165, 1.54) is 11.1 Å². The van der Waals surface area contributed by atoms with Crippen molar-refractivity contribution in [1.82, 2.24) is 0 Å². The molecule has 0 unspecified atom stereocenters. The zero-order valence-electron chi connectivity index (χ0n) is 14.0. The molecular weight excluding hydrogens is 280 g/mol. The molecule has 0 aliphatic rings. The molecule has 0 amide bonds. The maximum atomic E-state index is 4.03. The highest BCUT2D eigenvalue weighted by Gasteiger charge is 2.14. The van der Waals surface area contributed by atoms with Crippen LogP contribution in [0.25, 0.3) is 11.3 Å². The Labute approximate surface area is 139 Å². The second kappa shape index (κ2) is 8.74. The largest absolute Gasteiger partial charge is 0.242 e. The molecular formula is C21H25N2+. The molecule has 1 aromatic heterocycles. The second-order valence-corrected chi connectivity index (χ2v) is 5.37. The predicted octanol–water partition coefficient (Wildman–Crippen LogP) is 4.44. The van der Waals surface area contributed by atoms with E-state index in [1.54, 1.807) is 0 Å². The van der Waals surface area contributed by atoms with Crippen LogP contribution in [0.1, 0.15) is 18.9 Å². The van der Waals surface area contributed by atoms with Gasteiger partial charge in [-0.3, -0.25) is 0 Å². The molecule has 0 fully saturated rings. The quantitative estimate of drug-likeness (QED) is 0.454. The highest BCUT2D eigenvalue weighted by atomic mass is 15.4. The summed E-state index contributed by atoms with van der Waals surface area (Å²) in [7, 11) is 1.93. The molecule has 0 aliphatic heterocycles. The van der Waals surface area contributed by atoms with Crippen LogP contribution in [0, 0.1) is 0 Å². The first kappa shape index (κ1) is 16.8. The zero-order chi connectivity index (χ0) is 16.5. The summed E-state index contributed by atoms with van der Waals surface area (Å²) in [5.41, 5.74) is 8.06. The molecule has 0 spiro atoms. The molecule has 2 nitrogen and oxygen atoms in total. The van der Waals surface area contributed by atoms with Gasteiger partial charge in [0.05, 0.1) is 12.6 Å². The van der Waals surface area contributed by atoms with Gasteiger partial charge in [0.25, 0.3) is 0 Å². The van der Waals surface area contributed by atoms with Gasteiger partial charge in [-0.2, -0.15) is 5.43 Å². The number of nitrogens with one attached hydrogen (secondary N) is 1. The van der Waals surface area contributed by atoms with Crippen molar-refractivity contribution >= 4 is 0 Å². The summed E-state index contributed by atoms with van der Waals surface area (Å²) in [6.45, 7) is 6.04. The molecule has 1 aromatic carbocycles. The zero-order valence-corrected chi connectivity index (χ0v) is 14.0. The molecule has 0 radical (unpaired) electrons. The average Bonchev–Trinajstić information content (AvgIpc) is 2.59. The van der Waals surface area contributed by atoms with E-state index in [9.17, 15) is 0 Å². The minimum absolute atomic E-state index is 0.897. The predicted molar refractivity (Wildman–Crippen MR) is 98.8 cm³/mol. The van der Waals surface area contributed by atoms with Crippen LogP contribution < -0.4 is 10.1 Å². The van der Waals surface area contributed by atoms with Crippen molar-refractivity contribution in [3.05, 3.63) is 90.7 Å². The monoisotopic (exact) mass is 305 g/mol. The number of allylic oxidation sites excluding steroid dienone is 5. The number of benzene rings is 1. The second-order valence-electron chi connectivity index (χ2n) is 5.37. The van der Waals surface area contributed by atoms with Crippen LogP contribution in [-0.2, 0) is 6.42 Å². The van der Waals surface area contributed by atoms with Crippen LogP contribution in [0.2, 0.25) is 0 Å². The maximum absolute atomic E-state index is 4.03. The minimum atomic E-state index is 0.897. The van der Waals surface area contributed by atoms with E-state index in [4.69, 9.17) is 0 Å². The van der Waals surface area contributed by atoms with Crippen molar-refractivity contribution in [3.8, 4) is 11.3 Å². The Hall–Kier alpha value is -2.61. The Bertz CT molecular complexity index is 711. The Morgan fingerprint density at radius 3 is 2.70 bits per heavy atom. The molecule has 2 rings (SSSR count). The van der Waals surface area contributed by atoms with Crippen molar-refractivity contribution in [3.63, 3.8) is 0 Å². The number of hydrogen-bond acceptors (Lipinski definition) is 1. The first-order valence-corrected chi connectivity index (χ1v) is 7.98. The number of aromatic nitrogens is 1. The summed E-state index contributed by atoms with van der Waals surface area (Å²) in [5, 5.41) is 0. The number of pyridine rings is 1. The third kappa shape index (κ3) is 4.68. The van der Waals surface area contributed by atoms with E-state index in [2.05, 4.69) is 66.6 Å². The van der Waals surface area contributed by atoms with Gasteiger partial charge in [0.2, 0.25) is 5.69 Å². The summed E-state index contributed by atoms with van der Waals surface area (Å²) in [6.07, 6.45) is 12.3. The Balaban J connectivity index is 2.18. The highest BCUT2D eigenvalue weighted by Crippen LogP contribution is 2.21. The van der Waals surface area contributed by atoms with E-state index in [1.807, 2.05) is 37.0 Å². The summed E-state index contributed by atoms with van der Waals surface area (Å²) in [6, 6.07) is 14.8. The van der Waals surface area contributed by atoms with Crippen LogP contribution in [0.4, 0.5) is 0 Å². The Kier molecular flexibility index (Phi) is 6.37. The molecule has 2 heteroatoms. The van der Waals surface area contributed by atoms with Gasteiger partial charge in [0.1, 0.15) is 0 Å². The first-order valence-electron chi connectivity index (χ1n) is 7.98. The number of rotatable bonds is 7. The first-order chi connectivity index (χ1) is 11.3. The molecule has 0 saturated heterocycles. The lowest BCUT2D eigenvalue weighted by Crippen LogP contribution is -2.44. The maximum Gasteiger partial charge on any atom is 0.242 e. The fraction of sp³-hybridized carbons (Fsp3) is 0.190. The van der Waals surface area contributed by atoms with Gasteiger partial charge in [-0.05, 0) is 37.5 Å². The van der Waals surface area contributed by atoms with Crippen LogP contribution in [0.15, 0.2) is 85.1 Å². The van der Waals surface area contributed by atoms with Crippen molar-refractivity contribution in [2.24, 2.45) is 0 Å². The van der Waals surface area contributed by atoms with E-state index in [0.29, 0.717) is 0 Å². The summed E-state index contributed by atoms with van der Waals surface area (Å²) in [5.74, 6) is 0. The van der Waals surface area contributed by atoms with E-state index in [0.717, 1.165) is 24.1 Å². The summed E-state index contributed by atoms with van der Waals surface area (Å²) < 4.78 is 2.04.